The summed E-state index contributed by atoms with van der Waals surface area (Å²) in [4.78, 5) is 7.94. The summed E-state index contributed by atoms with van der Waals surface area (Å²) in [5, 5.41) is 0. The minimum absolute atomic E-state index is 1.06. The smallest absolute Gasteiger partial charge is 0.0231 e. The lowest BCUT2D eigenvalue weighted by atomic mass is 10.3. The van der Waals surface area contributed by atoms with Crippen molar-refractivity contribution < 1.29 is 0 Å². The van der Waals surface area contributed by atoms with Gasteiger partial charge in [0.05, 0.1) is 0 Å². The molecule has 12 heavy (non-hydrogen) atoms. The standard InChI is InChI=1S/2C5H7N/c2*1-5-3-2-4-6-5/h2*2,4H,3H2,1H3. The van der Waals surface area contributed by atoms with Crippen LogP contribution in [-0.4, -0.2) is 11.4 Å². The van der Waals surface area contributed by atoms with Crippen molar-refractivity contribution in [3.8, 4) is 0 Å². The van der Waals surface area contributed by atoms with E-state index in [-0.39, 0.29) is 0 Å². The number of hydrogen-bond acceptors (Lipinski definition) is 2. The first-order valence-electron chi connectivity index (χ1n) is 4.15. The Morgan fingerprint density at radius 1 is 0.917 bits per heavy atom. The van der Waals surface area contributed by atoms with Gasteiger partial charge in [-0.1, -0.05) is 12.2 Å². The molecule has 64 valence electrons. The Bertz CT molecular complexity index is 229. The third-order valence-electron chi connectivity index (χ3n) is 1.63. The fourth-order valence-corrected chi connectivity index (χ4v) is 0.912. The fraction of sp³-hybridized carbons (Fsp3) is 0.400. The van der Waals surface area contributed by atoms with Crippen molar-refractivity contribution in [2.24, 2.45) is 9.98 Å². The first-order valence-corrected chi connectivity index (χ1v) is 4.15. The lowest BCUT2D eigenvalue weighted by Gasteiger charge is -1.76. The van der Waals surface area contributed by atoms with Gasteiger partial charge in [0.1, 0.15) is 0 Å². The third-order valence-corrected chi connectivity index (χ3v) is 1.63. The average Bonchev–Trinajstić information content (AvgIpc) is 2.63. The van der Waals surface area contributed by atoms with E-state index in [2.05, 4.69) is 22.1 Å². The highest BCUT2D eigenvalue weighted by atomic mass is 14.7. The van der Waals surface area contributed by atoms with Gasteiger partial charge in [-0.25, -0.2) is 0 Å². The first kappa shape index (κ1) is 8.91. The number of allylic oxidation sites excluding steroid dienone is 2. The average molecular weight is 162 g/mol. The molecule has 0 saturated heterocycles. The number of aliphatic imine (C=N–C) groups is 2. The normalized spacial score (nSPS) is 18.5. The largest absolute Gasteiger partial charge is 0.266 e. The van der Waals surface area contributed by atoms with Crippen LogP contribution in [0.5, 0.6) is 0 Å². The molecule has 0 saturated carbocycles. The van der Waals surface area contributed by atoms with E-state index >= 15 is 0 Å². The molecule has 0 aromatic heterocycles. The van der Waals surface area contributed by atoms with Crippen LogP contribution in [0.1, 0.15) is 26.7 Å². The topological polar surface area (TPSA) is 24.7 Å². The van der Waals surface area contributed by atoms with Gasteiger partial charge in [-0.2, -0.15) is 0 Å². The molecule has 2 rings (SSSR count). The molecule has 0 N–H and O–H groups in total. The number of nitrogens with zero attached hydrogens (tertiary/aromatic N) is 2. The van der Waals surface area contributed by atoms with Gasteiger partial charge in [-0.3, -0.25) is 9.98 Å². The van der Waals surface area contributed by atoms with Gasteiger partial charge in [-0.15, -0.1) is 0 Å². The number of hydrogen-bond donors (Lipinski definition) is 0. The molecule has 2 heteroatoms. The molecule has 0 aromatic rings. The minimum atomic E-state index is 1.06. The van der Waals surface area contributed by atoms with Gasteiger partial charge in [0.15, 0.2) is 0 Å². The van der Waals surface area contributed by atoms with Gasteiger partial charge in [0.2, 0.25) is 0 Å². The molecule has 2 nitrogen and oxygen atoms in total. The fourth-order valence-electron chi connectivity index (χ4n) is 0.912. The summed E-state index contributed by atoms with van der Waals surface area (Å²) in [5.41, 5.74) is 2.44. The predicted octanol–water partition coefficient (Wildman–Crippen LogP) is 2.73. The second-order valence-corrected chi connectivity index (χ2v) is 2.91. The lowest BCUT2D eigenvalue weighted by Crippen LogP contribution is -1.78. The van der Waals surface area contributed by atoms with Crippen molar-refractivity contribution in [3.05, 3.63) is 24.6 Å². The zero-order chi connectivity index (χ0) is 8.81. The summed E-state index contributed by atoms with van der Waals surface area (Å²) in [6.45, 7) is 4.06. The van der Waals surface area contributed by atoms with E-state index in [9.17, 15) is 0 Å². The lowest BCUT2D eigenvalue weighted by molar-refractivity contribution is 1.50. The van der Waals surface area contributed by atoms with Crippen LogP contribution < -0.4 is 0 Å². The Morgan fingerprint density at radius 2 is 1.33 bits per heavy atom. The molecule has 0 bridgehead atoms. The maximum atomic E-state index is 3.97. The summed E-state index contributed by atoms with van der Waals surface area (Å²) in [7, 11) is 0. The van der Waals surface area contributed by atoms with Crippen molar-refractivity contribution in [1.29, 1.82) is 0 Å². The van der Waals surface area contributed by atoms with Crippen molar-refractivity contribution >= 4 is 11.4 Å². The van der Waals surface area contributed by atoms with E-state index in [1.54, 1.807) is 0 Å². The highest BCUT2D eigenvalue weighted by Gasteiger charge is 1.88. The Hall–Kier alpha value is -1.18. The summed E-state index contributed by atoms with van der Waals surface area (Å²) >= 11 is 0. The van der Waals surface area contributed by atoms with E-state index in [0.29, 0.717) is 0 Å². The molecule has 0 spiro atoms. The molecule has 0 fully saturated rings. The molecule has 0 radical (unpaired) electrons. The molecule has 0 amide bonds. The Labute approximate surface area is 73.4 Å². The molecule has 2 heterocycles. The zero-order valence-electron chi connectivity index (χ0n) is 7.62. The van der Waals surface area contributed by atoms with Crippen LogP contribution in [0, 0.1) is 0 Å². The van der Waals surface area contributed by atoms with Crippen molar-refractivity contribution in [2.45, 2.75) is 26.7 Å². The van der Waals surface area contributed by atoms with Crippen LogP contribution >= 0.6 is 0 Å². The predicted molar refractivity (Wildman–Crippen MR) is 53.7 cm³/mol. The molecule has 0 aromatic carbocycles. The van der Waals surface area contributed by atoms with E-state index in [1.165, 1.54) is 11.4 Å². The van der Waals surface area contributed by atoms with E-state index in [0.717, 1.165) is 12.8 Å². The maximum absolute atomic E-state index is 3.97. The summed E-state index contributed by atoms with van der Waals surface area (Å²) in [6, 6.07) is 0. The first-order chi connectivity index (χ1) is 5.79. The molecule has 0 aliphatic carbocycles. The van der Waals surface area contributed by atoms with Gasteiger partial charge < -0.3 is 0 Å². The Morgan fingerprint density at radius 3 is 1.42 bits per heavy atom. The highest BCUT2D eigenvalue weighted by Crippen LogP contribution is 1.96. The molecular formula is C10H14N2. The van der Waals surface area contributed by atoms with Crippen molar-refractivity contribution in [1.82, 2.24) is 0 Å². The van der Waals surface area contributed by atoms with Crippen LogP contribution in [0.2, 0.25) is 0 Å². The van der Waals surface area contributed by atoms with Crippen LogP contribution in [0.15, 0.2) is 34.5 Å². The monoisotopic (exact) mass is 162 g/mol. The minimum Gasteiger partial charge on any atom is -0.266 e. The molecular weight excluding hydrogens is 148 g/mol. The van der Waals surface area contributed by atoms with E-state index in [1.807, 2.05) is 26.2 Å². The van der Waals surface area contributed by atoms with E-state index in [4.69, 9.17) is 0 Å². The molecule has 0 unspecified atom stereocenters. The Kier molecular flexibility index (Phi) is 3.45. The second-order valence-electron chi connectivity index (χ2n) is 2.91. The van der Waals surface area contributed by atoms with Crippen molar-refractivity contribution in [3.63, 3.8) is 0 Å². The van der Waals surface area contributed by atoms with E-state index < -0.39 is 0 Å². The Balaban J connectivity index is 0.000000120. The van der Waals surface area contributed by atoms with Crippen LogP contribution in [0.4, 0.5) is 0 Å². The highest BCUT2D eigenvalue weighted by molar-refractivity contribution is 5.85. The maximum Gasteiger partial charge on any atom is 0.0231 e. The summed E-state index contributed by atoms with van der Waals surface area (Å²) < 4.78 is 0. The second kappa shape index (κ2) is 4.65. The van der Waals surface area contributed by atoms with Crippen molar-refractivity contribution in [2.75, 3.05) is 0 Å². The van der Waals surface area contributed by atoms with Gasteiger partial charge >= 0.3 is 0 Å². The molecule has 0 atom stereocenters. The van der Waals surface area contributed by atoms with Crippen LogP contribution in [-0.2, 0) is 0 Å². The quantitative estimate of drug-likeness (QED) is 0.523. The zero-order valence-corrected chi connectivity index (χ0v) is 7.62. The van der Waals surface area contributed by atoms with Gasteiger partial charge in [0.25, 0.3) is 0 Å². The van der Waals surface area contributed by atoms with Gasteiger partial charge in [-0.05, 0) is 13.8 Å². The molecule has 2 aliphatic heterocycles. The van der Waals surface area contributed by atoms with Crippen LogP contribution in [0.25, 0.3) is 0 Å². The SMILES string of the molecule is CC1=NC=CC1.CC1=NC=CC1. The van der Waals surface area contributed by atoms with Gasteiger partial charge in [0, 0.05) is 36.7 Å². The number of rotatable bonds is 0. The third kappa shape index (κ3) is 3.28. The summed E-state index contributed by atoms with van der Waals surface area (Å²) in [6.07, 6.45) is 9.90. The van der Waals surface area contributed by atoms with Crippen LogP contribution in [0.3, 0.4) is 0 Å². The summed E-state index contributed by atoms with van der Waals surface area (Å²) in [5.74, 6) is 0. The molecule has 2 aliphatic rings.